The molecule has 1 aliphatic rings. The summed E-state index contributed by atoms with van der Waals surface area (Å²) in [7, 11) is -3.81. The number of nitrogens with zero attached hydrogens (tertiary/aromatic N) is 2. The van der Waals surface area contributed by atoms with Crippen molar-refractivity contribution in [1.82, 2.24) is 9.21 Å². The van der Waals surface area contributed by atoms with Gasteiger partial charge in [0, 0.05) is 26.2 Å². The molecule has 1 saturated heterocycles. The van der Waals surface area contributed by atoms with Crippen LogP contribution in [0.4, 0.5) is 4.39 Å². The Hall–Kier alpha value is -1.02. The molecule has 0 aliphatic carbocycles. The number of halogens is 1. The summed E-state index contributed by atoms with van der Waals surface area (Å²) in [6.07, 6.45) is 0.673. The van der Waals surface area contributed by atoms with Gasteiger partial charge in [-0.3, -0.25) is 4.90 Å². The highest BCUT2D eigenvalue weighted by Gasteiger charge is 2.29. The van der Waals surface area contributed by atoms with Gasteiger partial charge in [-0.1, -0.05) is 6.07 Å². The minimum Gasteiger partial charge on any atom is -0.395 e. The van der Waals surface area contributed by atoms with E-state index in [0.717, 1.165) is 6.54 Å². The largest absolute Gasteiger partial charge is 0.395 e. The third-order valence-corrected chi connectivity index (χ3v) is 5.58. The van der Waals surface area contributed by atoms with Crippen LogP contribution in [0.15, 0.2) is 23.1 Å². The minimum absolute atomic E-state index is 0.0548. The Morgan fingerprint density at radius 2 is 2.00 bits per heavy atom. The van der Waals surface area contributed by atoms with Gasteiger partial charge in [-0.25, -0.2) is 12.8 Å². The molecule has 0 spiro atoms. The van der Waals surface area contributed by atoms with E-state index in [0.29, 0.717) is 38.2 Å². The molecule has 1 aromatic rings. The van der Waals surface area contributed by atoms with Crippen molar-refractivity contribution < 1.29 is 17.9 Å². The first-order valence-electron chi connectivity index (χ1n) is 7.04. The normalized spacial score (nSPS) is 18.6. The lowest BCUT2D eigenvalue weighted by Crippen LogP contribution is -2.36. The standard InChI is InChI=1S/C14H21FN2O3S/c1-12-3-4-13(15)14(11-12)21(19,20)17-6-2-5-16(7-8-17)9-10-18/h3-4,11,18H,2,5-10H2,1H3. The molecular weight excluding hydrogens is 295 g/mol. The van der Waals surface area contributed by atoms with Crippen molar-refractivity contribution in [2.45, 2.75) is 18.2 Å². The first-order valence-corrected chi connectivity index (χ1v) is 8.48. The van der Waals surface area contributed by atoms with Crippen molar-refractivity contribution in [3.05, 3.63) is 29.6 Å². The number of β-amino-alcohol motifs (C(OH)–C–C–N with tert-alkyl or cyclic N) is 1. The molecule has 0 unspecified atom stereocenters. The molecule has 118 valence electrons. The summed E-state index contributed by atoms with van der Waals surface area (Å²) >= 11 is 0. The topological polar surface area (TPSA) is 60.9 Å². The fourth-order valence-corrected chi connectivity index (χ4v) is 4.12. The summed E-state index contributed by atoms with van der Waals surface area (Å²) in [5.74, 6) is -0.711. The molecule has 7 heteroatoms. The van der Waals surface area contributed by atoms with Gasteiger partial charge in [-0.15, -0.1) is 0 Å². The van der Waals surface area contributed by atoms with E-state index in [9.17, 15) is 12.8 Å². The van der Waals surface area contributed by atoms with E-state index >= 15 is 0 Å². The minimum atomic E-state index is -3.81. The molecule has 21 heavy (non-hydrogen) atoms. The average Bonchev–Trinajstić information content (AvgIpc) is 2.68. The van der Waals surface area contributed by atoms with Crippen molar-refractivity contribution in [3.8, 4) is 0 Å². The summed E-state index contributed by atoms with van der Waals surface area (Å²) < 4.78 is 40.4. The molecule has 1 aromatic carbocycles. The van der Waals surface area contributed by atoms with E-state index in [2.05, 4.69) is 0 Å². The molecule has 0 amide bonds. The Morgan fingerprint density at radius 1 is 1.24 bits per heavy atom. The summed E-state index contributed by atoms with van der Waals surface area (Å²) in [6.45, 7) is 4.30. The monoisotopic (exact) mass is 316 g/mol. The SMILES string of the molecule is Cc1ccc(F)c(S(=O)(=O)N2CCCN(CCO)CC2)c1. The lowest BCUT2D eigenvalue weighted by atomic mass is 10.2. The van der Waals surface area contributed by atoms with Crippen LogP contribution in [0, 0.1) is 12.7 Å². The fourth-order valence-electron chi connectivity index (χ4n) is 2.50. The Labute approximate surface area is 125 Å². The van der Waals surface area contributed by atoms with E-state index < -0.39 is 15.8 Å². The van der Waals surface area contributed by atoms with Gasteiger partial charge >= 0.3 is 0 Å². The highest BCUT2D eigenvalue weighted by atomic mass is 32.2. The third-order valence-electron chi connectivity index (χ3n) is 3.67. The van der Waals surface area contributed by atoms with E-state index in [4.69, 9.17) is 5.11 Å². The summed E-state index contributed by atoms with van der Waals surface area (Å²) in [6, 6.07) is 4.12. The van der Waals surface area contributed by atoms with Crippen LogP contribution in [0.25, 0.3) is 0 Å². The molecule has 0 radical (unpaired) electrons. The molecular formula is C14H21FN2O3S. The van der Waals surface area contributed by atoms with Crippen molar-refractivity contribution in [1.29, 1.82) is 0 Å². The van der Waals surface area contributed by atoms with Crippen LogP contribution < -0.4 is 0 Å². The van der Waals surface area contributed by atoms with Crippen LogP contribution in [0.2, 0.25) is 0 Å². The molecule has 0 bridgehead atoms. The second kappa shape index (κ2) is 6.83. The first-order chi connectivity index (χ1) is 9.95. The van der Waals surface area contributed by atoms with Crippen molar-refractivity contribution in [2.24, 2.45) is 0 Å². The van der Waals surface area contributed by atoms with Gasteiger partial charge in [0.05, 0.1) is 6.61 Å². The molecule has 1 aliphatic heterocycles. The van der Waals surface area contributed by atoms with Crippen LogP contribution in [0.1, 0.15) is 12.0 Å². The Kier molecular flexibility index (Phi) is 5.32. The van der Waals surface area contributed by atoms with Gasteiger partial charge in [0.25, 0.3) is 0 Å². The summed E-state index contributed by atoms with van der Waals surface area (Å²) in [5.41, 5.74) is 0.715. The zero-order chi connectivity index (χ0) is 15.5. The Balaban J connectivity index is 2.21. The molecule has 1 N–H and O–H groups in total. The number of aliphatic hydroxyl groups excluding tert-OH is 1. The van der Waals surface area contributed by atoms with Crippen LogP contribution in [0.5, 0.6) is 0 Å². The van der Waals surface area contributed by atoms with Crippen LogP contribution >= 0.6 is 0 Å². The fraction of sp³-hybridized carbons (Fsp3) is 0.571. The molecule has 1 heterocycles. The second-order valence-electron chi connectivity index (χ2n) is 5.26. The maximum Gasteiger partial charge on any atom is 0.246 e. The number of rotatable bonds is 4. The van der Waals surface area contributed by atoms with Gasteiger partial charge in [-0.2, -0.15) is 4.31 Å². The summed E-state index contributed by atoms with van der Waals surface area (Å²) in [5, 5.41) is 8.96. The Morgan fingerprint density at radius 3 is 2.71 bits per heavy atom. The quantitative estimate of drug-likeness (QED) is 0.893. The molecule has 0 atom stereocenters. The average molecular weight is 316 g/mol. The van der Waals surface area contributed by atoms with Gasteiger partial charge in [-0.05, 0) is 37.6 Å². The molecule has 5 nitrogen and oxygen atoms in total. The van der Waals surface area contributed by atoms with E-state index in [-0.39, 0.29) is 11.5 Å². The molecule has 1 fully saturated rings. The third kappa shape index (κ3) is 3.79. The zero-order valence-corrected chi connectivity index (χ0v) is 12.9. The first kappa shape index (κ1) is 16.4. The highest BCUT2D eigenvalue weighted by molar-refractivity contribution is 7.89. The van der Waals surface area contributed by atoms with Crippen LogP contribution in [-0.4, -0.2) is 62.1 Å². The Bertz CT molecular complexity index is 592. The number of hydrogen-bond donors (Lipinski definition) is 1. The predicted molar refractivity (Wildman–Crippen MR) is 78.0 cm³/mol. The lowest BCUT2D eigenvalue weighted by molar-refractivity contribution is 0.202. The number of aliphatic hydroxyl groups is 1. The smallest absolute Gasteiger partial charge is 0.246 e. The van der Waals surface area contributed by atoms with Gasteiger partial charge in [0.2, 0.25) is 10.0 Å². The van der Waals surface area contributed by atoms with Crippen molar-refractivity contribution in [3.63, 3.8) is 0 Å². The molecule has 2 rings (SSSR count). The van der Waals surface area contributed by atoms with Crippen LogP contribution in [-0.2, 0) is 10.0 Å². The lowest BCUT2D eigenvalue weighted by Gasteiger charge is -2.21. The van der Waals surface area contributed by atoms with Crippen LogP contribution in [0.3, 0.4) is 0 Å². The maximum atomic E-state index is 13.9. The predicted octanol–water partition coefficient (Wildman–Crippen LogP) is 0.823. The molecule has 0 saturated carbocycles. The van der Waals surface area contributed by atoms with Gasteiger partial charge in [0.15, 0.2) is 0 Å². The van der Waals surface area contributed by atoms with Crippen molar-refractivity contribution in [2.75, 3.05) is 39.3 Å². The summed E-state index contributed by atoms with van der Waals surface area (Å²) in [4.78, 5) is 1.76. The van der Waals surface area contributed by atoms with Gasteiger partial charge < -0.3 is 5.11 Å². The zero-order valence-electron chi connectivity index (χ0n) is 12.1. The second-order valence-corrected chi connectivity index (χ2v) is 7.16. The number of aryl methyl sites for hydroxylation is 1. The number of benzene rings is 1. The van der Waals surface area contributed by atoms with Crippen molar-refractivity contribution >= 4 is 10.0 Å². The molecule has 0 aromatic heterocycles. The van der Waals surface area contributed by atoms with Gasteiger partial charge in [0.1, 0.15) is 10.7 Å². The highest BCUT2D eigenvalue weighted by Crippen LogP contribution is 2.21. The number of hydrogen-bond acceptors (Lipinski definition) is 4. The number of sulfonamides is 1. The maximum absolute atomic E-state index is 13.9. The van der Waals surface area contributed by atoms with E-state index in [1.54, 1.807) is 13.0 Å². The van der Waals surface area contributed by atoms with E-state index in [1.165, 1.54) is 16.4 Å². The van der Waals surface area contributed by atoms with E-state index in [1.807, 2.05) is 4.90 Å².